The first kappa shape index (κ1) is 21.8. The fourth-order valence-corrected chi connectivity index (χ4v) is 5.57. The first-order valence-corrected chi connectivity index (χ1v) is 11.3. The molecule has 0 bridgehead atoms. The molecule has 8 nitrogen and oxygen atoms in total. The van der Waals surface area contributed by atoms with Crippen molar-refractivity contribution in [2.75, 3.05) is 26.2 Å². The second-order valence-electron chi connectivity index (χ2n) is 7.92. The van der Waals surface area contributed by atoms with Crippen LogP contribution in [-0.2, 0) is 14.3 Å². The number of hydrogen-bond acceptors (Lipinski definition) is 7. The minimum absolute atomic E-state index is 0.253. The summed E-state index contributed by atoms with van der Waals surface area (Å²) < 4.78 is 12.1. The first-order chi connectivity index (χ1) is 16.4. The molecule has 2 aliphatic heterocycles. The van der Waals surface area contributed by atoms with Crippen LogP contribution in [0.3, 0.4) is 0 Å². The zero-order valence-corrected chi connectivity index (χ0v) is 19.8. The molecule has 2 aliphatic rings. The van der Waals surface area contributed by atoms with Crippen molar-refractivity contribution in [3.8, 4) is 5.75 Å². The van der Waals surface area contributed by atoms with Crippen molar-refractivity contribution < 1.29 is 19.1 Å². The van der Waals surface area contributed by atoms with Crippen molar-refractivity contribution in [1.29, 1.82) is 0 Å². The number of ether oxygens (including phenoxy) is 2. The maximum absolute atomic E-state index is 13.9. The third kappa shape index (κ3) is 3.12. The maximum Gasteiger partial charge on any atom is 0.338 e. The van der Waals surface area contributed by atoms with Gasteiger partial charge in [-0.2, -0.15) is 0 Å². The number of fused-ring (bicyclic) bond motifs is 2. The van der Waals surface area contributed by atoms with E-state index in [1.807, 2.05) is 24.3 Å². The Hall–Kier alpha value is -3.98. The van der Waals surface area contributed by atoms with E-state index in [2.05, 4.69) is 4.99 Å². The molecule has 0 radical (unpaired) electrons. The van der Waals surface area contributed by atoms with Crippen LogP contribution < -0.4 is 24.5 Å². The van der Waals surface area contributed by atoms with Crippen LogP contribution in [0, 0.1) is 0 Å². The average molecular weight is 476 g/mol. The van der Waals surface area contributed by atoms with Gasteiger partial charge in [0.25, 0.3) is 11.5 Å². The van der Waals surface area contributed by atoms with Gasteiger partial charge < -0.3 is 14.4 Å². The fourth-order valence-electron chi connectivity index (χ4n) is 4.43. The minimum Gasteiger partial charge on any atom is -0.497 e. The summed E-state index contributed by atoms with van der Waals surface area (Å²) in [6.45, 7) is 1.72. The van der Waals surface area contributed by atoms with Gasteiger partial charge >= 0.3 is 5.97 Å². The molecule has 0 N–H and O–H groups in total. The predicted octanol–water partition coefficient (Wildman–Crippen LogP) is 1.76. The number of rotatable bonds is 3. The Balaban J connectivity index is 1.83. The number of methoxy groups -OCH3 is 2. The summed E-state index contributed by atoms with van der Waals surface area (Å²) in [4.78, 5) is 46.3. The molecule has 9 heteroatoms. The van der Waals surface area contributed by atoms with E-state index in [1.165, 1.54) is 16.6 Å². The summed E-state index contributed by atoms with van der Waals surface area (Å²) in [5, 5.41) is 0. The number of esters is 1. The number of allylic oxidation sites excluding steroid dienone is 1. The molecule has 1 amide bonds. The number of nitrogens with zero attached hydrogens (tertiary/aromatic N) is 3. The van der Waals surface area contributed by atoms with Crippen LogP contribution in [0.25, 0.3) is 5.57 Å². The molecule has 1 atom stereocenters. The number of amides is 1. The van der Waals surface area contributed by atoms with E-state index < -0.39 is 12.0 Å². The van der Waals surface area contributed by atoms with Crippen LogP contribution in [0.4, 0.5) is 5.69 Å². The highest BCUT2D eigenvalue weighted by Gasteiger charge is 2.36. The molecular formula is C25H21N3O5S. The van der Waals surface area contributed by atoms with Gasteiger partial charge in [-0.25, -0.2) is 9.79 Å². The lowest BCUT2D eigenvalue weighted by Gasteiger charge is -2.24. The van der Waals surface area contributed by atoms with E-state index >= 15 is 0 Å². The van der Waals surface area contributed by atoms with Crippen molar-refractivity contribution in [2.45, 2.75) is 13.0 Å². The monoisotopic (exact) mass is 475 g/mol. The number of carbonyl (C=O) groups excluding carboxylic acids is 2. The van der Waals surface area contributed by atoms with Crippen LogP contribution in [0.5, 0.6) is 5.75 Å². The van der Waals surface area contributed by atoms with Gasteiger partial charge in [-0.15, -0.1) is 0 Å². The summed E-state index contributed by atoms with van der Waals surface area (Å²) in [6, 6.07) is 13.7. The van der Waals surface area contributed by atoms with E-state index in [4.69, 9.17) is 9.47 Å². The molecule has 0 saturated carbocycles. The van der Waals surface area contributed by atoms with Crippen LogP contribution in [0.2, 0.25) is 0 Å². The molecule has 0 unspecified atom stereocenters. The average Bonchev–Trinajstić information content (AvgIpc) is 3.30. The molecule has 172 valence electrons. The first-order valence-electron chi connectivity index (χ1n) is 10.5. The molecule has 0 saturated heterocycles. The smallest absolute Gasteiger partial charge is 0.338 e. The highest BCUT2D eigenvalue weighted by atomic mass is 32.1. The molecular weight excluding hydrogens is 454 g/mol. The molecule has 0 spiro atoms. The van der Waals surface area contributed by atoms with Crippen LogP contribution in [0.15, 0.2) is 69.6 Å². The largest absolute Gasteiger partial charge is 0.497 e. The van der Waals surface area contributed by atoms with E-state index in [1.54, 1.807) is 45.3 Å². The van der Waals surface area contributed by atoms with Crippen molar-refractivity contribution >= 4 is 34.5 Å². The Labute approximate surface area is 198 Å². The molecule has 2 aromatic carbocycles. The normalized spacial score (nSPS) is 18.4. The summed E-state index contributed by atoms with van der Waals surface area (Å²) in [6.07, 6.45) is 0. The topological polar surface area (TPSA) is 90.2 Å². The molecule has 3 aromatic rings. The number of likely N-dealkylation sites (N-methyl/N-ethyl adjacent to an activating group) is 1. The number of para-hydroxylation sites is 1. The zero-order chi connectivity index (χ0) is 24.1. The summed E-state index contributed by atoms with van der Waals surface area (Å²) in [5.74, 6) is -0.173. The summed E-state index contributed by atoms with van der Waals surface area (Å²) in [7, 11) is 4.55. The third-order valence-corrected chi connectivity index (χ3v) is 7.17. The third-order valence-electron chi connectivity index (χ3n) is 6.11. The molecule has 0 fully saturated rings. The van der Waals surface area contributed by atoms with Gasteiger partial charge in [-0.1, -0.05) is 41.7 Å². The molecule has 3 heterocycles. The van der Waals surface area contributed by atoms with Gasteiger partial charge in [0.15, 0.2) is 4.80 Å². The molecule has 1 aromatic heterocycles. The Morgan fingerprint density at radius 2 is 1.76 bits per heavy atom. The van der Waals surface area contributed by atoms with Gasteiger partial charge in [0.05, 0.1) is 42.8 Å². The Bertz CT molecular complexity index is 1560. The van der Waals surface area contributed by atoms with Gasteiger partial charge in [-0.05, 0) is 30.7 Å². The zero-order valence-electron chi connectivity index (χ0n) is 19.0. The molecule has 5 rings (SSSR count). The second-order valence-corrected chi connectivity index (χ2v) is 8.90. The Morgan fingerprint density at radius 3 is 2.44 bits per heavy atom. The lowest BCUT2D eigenvalue weighted by molar-refractivity contribution is -0.136. The highest BCUT2D eigenvalue weighted by Crippen LogP contribution is 2.34. The van der Waals surface area contributed by atoms with Crippen LogP contribution in [-0.4, -0.2) is 37.7 Å². The van der Waals surface area contributed by atoms with Gasteiger partial charge in [0.1, 0.15) is 10.3 Å². The highest BCUT2D eigenvalue weighted by molar-refractivity contribution is 7.07. The SMILES string of the molecule is COC(=O)C1=C(C)N=c2s/c(=C3\C(=O)N(C)c4ccccc43)c(=O)n2[C@H]1c1ccc(OC)cc1. The second kappa shape index (κ2) is 8.11. The molecule has 0 aliphatic carbocycles. The van der Waals surface area contributed by atoms with Crippen LogP contribution in [0.1, 0.15) is 24.1 Å². The Kier molecular flexibility index (Phi) is 5.21. The van der Waals surface area contributed by atoms with Crippen molar-refractivity contribution in [3.63, 3.8) is 0 Å². The van der Waals surface area contributed by atoms with Gasteiger partial charge in [0.2, 0.25) is 0 Å². The summed E-state index contributed by atoms with van der Waals surface area (Å²) in [5.41, 5.74) is 2.83. The lowest BCUT2D eigenvalue weighted by atomic mass is 9.96. The predicted molar refractivity (Wildman–Crippen MR) is 128 cm³/mol. The van der Waals surface area contributed by atoms with Crippen molar-refractivity contribution in [3.05, 3.63) is 90.6 Å². The standard InChI is InChI=1S/C25H21N3O5S/c1-13-18(24(31)33-4)20(14-9-11-15(32-3)12-10-14)28-23(30)21(34-25(28)26-13)19-16-7-5-6-8-17(16)27(2)22(19)29/h5-12,20H,1-4H3/b21-19-/t20-/m0/s1. The van der Waals surface area contributed by atoms with Crippen molar-refractivity contribution in [1.82, 2.24) is 4.57 Å². The fraction of sp³-hybridized carbons (Fsp3) is 0.200. The van der Waals surface area contributed by atoms with Crippen molar-refractivity contribution in [2.24, 2.45) is 4.99 Å². The molecule has 34 heavy (non-hydrogen) atoms. The number of benzene rings is 2. The quantitative estimate of drug-likeness (QED) is 0.539. The Morgan fingerprint density at radius 1 is 1.06 bits per heavy atom. The van der Waals surface area contributed by atoms with E-state index in [-0.39, 0.29) is 21.6 Å². The van der Waals surface area contributed by atoms with Crippen LogP contribution >= 0.6 is 11.3 Å². The number of carbonyl (C=O) groups is 2. The number of hydrogen-bond donors (Lipinski definition) is 0. The van der Waals surface area contributed by atoms with Gasteiger partial charge in [-0.3, -0.25) is 14.2 Å². The lowest BCUT2D eigenvalue weighted by Crippen LogP contribution is -2.40. The number of thiazole rings is 1. The maximum atomic E-state index is 13.9. The minimum atomic E-state index is -0.756. The van der Waals surface area contributed by atoms with E-state index in [0.717, 1.165) is 17.0 Å². The number of anilines is 1. The summed E-state index contributed by atoms with van der Waals surface area (Å²) >= 11 is 1.15. The number of aromatic nitrogens is 1. The van der Waals surface area contributed by atoms with E-state index in [9.17, 15) is 14.4 Å². The van der Waals surface area contributed by atoms with Gasteiger partial charge in [0, 0.05) is 12.6 Å². The van der Waals surface area contributed by atoms with E-state index in [0.29, 0.717) is 32.9 Å².